The van der Waals surface area contributed by atoms with Gasteiger partial charge in [-0.1, -0.05) is 17.7 Å². The number of hydrogen-bond donors (Lipinski definition) is 1. The lowest BCUT2D eigenvalue weighted by Crippen LogP contribution is -2.24. The zero-order valence-electron chi connectivity index (χ0n) is 14.3. The van der Waals surface area contributed by atoms with Gasteiger partial charge < -0.3 is 14.8 Å². The number of halogens is 1. The van der Waals surface area contributed by atoms with Crippen molar-refractivity contribution in [3.8, 4) is 11.5 Å². The molecule has 5 nitrogen and oxygen atoms in total. The Hall–Kier alpha value is -1.92. The van der Waals surface area contributed by atoms with Gasteiger partial charge in [-0.3, -0.25) is 9.78 Å². The molecule has 7 heteroatoms. The van der Waals surface area contributed by atoms with E-state index in [1.54, 1.807) is 19.4 Å². The number of amides is 1. The number of thioether (sulfide) groups is 1. The van der Waals surface area contributed by atoms with Gasteiger partial charge in [0, 0.05) is 18.5 Å². The van der Waals surface area contributed by atoms with Crippen LogP contribution in [-0.2, 0) is 17.1 Å². The van der Waals surface area contributed by atoms with E-state index in [1.165, 1.54) is 11.8 Å². The van der Waals surface area contributed by atoms with E-state index in [4.69, 9.17) is 21.1 Å². The summed E-state index contributed by atoms with van der Waals surface area (Å²) in [5.41, 5.74) is 1.82. The minimum atomic E-state index is -0.0371. The quantitative estimate of drug-likeness (QED) is 0.718. The number of carbonyl (C=O) groups excluding carboxylic acids is 1. The van der Waals surface area contributed by atoms with Crippen molar-refractivity contribution in [3.63, 3.8) is 0 Å². The first-order valence-electron chi connectivity index (χ1n) is 7.87. The molecule has 1 amide bonds. The van der Waals surface area contributed by atoms with Crippen molar-refractivity contribution in [2.24, 2.45) is 0 Å². The SMILES string of the molecule is CCOc1c(Cl)cc(CNC(=O)CSCc2ccccn2)cc1OC. The molecule has 0 aliphatic heterocycles. The van der Waals surface area contributed by atoms with Crippen molar-refractivity contribution >= 4 is 29.3 Å². The Morgan fingerprint density at radius 2 is 2.20 bits per heavy atom. The fraction of sp³-hybridized carbons (Fsp3) is 0.333. The number of methoxy groups -OCH3 is 1. The fourth-order valence-corrected chi connectivity index (χ4v) is 3.20. The number of nitrogens with zero attached hydrogens (tertiary/aromatic N) is 1. The van der Waals surface area contributed by atoms with Gasteiger partial charge in [0.1, 0.15) is 0 Å². The summed E-state index contributed by atoms with van der Waals surface area (Å²) in [6.07, 6.45) is 1.75. The molecular formula is C18H21ClN2O3S. The molecule has 0 fully saturated rings. The third-order valence-corrected chi connectivity index (χ3v) is 4.52. The van der Waals surface area contributed by atoms with Crippen LogP contribution >= 0.6 is 23.4 Å². The second kappa shape index (κ2) is 10.2. The van der Waals surface area contributed by atoms with Crippen molar-refractivity contribution in [3.05, 3.63) is 52.8 Å². The highest BCUT2D eigenvalue weighted by Crippen LogP contribution is 2.36. The van der Waals surface area contributed by atoms with E-state index in [1.807, 2.05) is 31.2 Å². The van der Waals surface area contributed by atoms with Crippen LogP contribution in [0, 0.1) is 0 Å². The summed E-state index contributed by atoms with van der Waals surface area (Å²) in [6.45, 7) is 2.76. The molecule has 1 heterocycles. The molecule has 0 unspecified atom stereocenters. The van der Waals surface area contributed by atoms with Gasteiger partial charge in [0.2, 0.25) is 5.91 Å². The van der Waals surface area contributed by atoms with Crippen LogP contribution in [0.2, 0.25) is 5.02 Å². The standard InChI is InChI=1S/C18H21ClN2O3S/c1-3-24-18-15(19)8-13(9-16(18)23-2)10-21-17(22)12-25-11-14-6-4-5-7-20-14/h4-9H,3,10-12H2,1-2H3,(H,21,22). The van der Waals surface area contributed by atoms with Crippen LogP contribution in [0.15, 0.2) is 36.5 Å². The van der Waals surface area contributed by atoms with Crippen LogP contribution in [-0.4, -0.2) is 30.4 Å². The molecular weight excluding hydrogens is 360 g/mol. The monoisotopic (exact) mass is 380 g/mol. The second-order valence-corrected chi connectivity index (χ2v) is 6.53. The van der Waals surface area contributed by atoms with Crippen molar-refractivity contribution in [2.45, 2.75) is 19.2 Å². The Balaban J connectivity index is 1.83. The summed E-state index contributed by atoms with van der Waals surface area (Å²) in [5.74, 6) is 2.12. The molecule has 0 bridgehead atoms. The van der Waals surface area contributed by atoms with E-state index >= 15 is 0 Å². The van der Waals surface area contributed by atoms with Crippen LogP contribution in [0.4, 0.5) is 0 Å². The summed E-state index contributed by atoms with van der Waals surface area (Å²) < 4.78 is 10.8. The number of carbonyl (C=O) groups is 1. The Labute approximate surface area is 157 Å². The molecule has 0 saturated carbocycles. The van der Waals surface area contributed by atoms with Crippen LogP contribution < -0.4 is 14.8 Å². The van der Waals surface area contributed by atoms with Crippen LogP contribution in [0.25, 0.3) is 0 Å². The third-order valence-electron chi connectivity index (χ3n) is 3.28. The first-order valence-corrected chi connectivity index (χ1v) is 9.40. The lowest BCUT2D eigenvalue weighted by Gasteiger charge is -2.13. The van der Waals surface area contributed by atoms with Crippen LogP contribution in [0.5, 0.6) is 11.5 Å². The van der Waals surface area contributed by atoms with Gasteiger partial charge in [0.15, 0.2) is 11.5 Å². The number of benzene rings is 1. The van der Waals surface area contributed by atoms with Crippen molar-refractivity contribution in [1.29, 1.82) is 0 Å². The third kappa shape index (κ3) is 6.14. The largest absolute Gasteiger partial charge is 0.493 e. The smallest absolute Gasteiger partial charge is 0.230 e. The summed E-state index contributed by atoms with van der Waals surface area (Å²) >= 11 is 7.75. The molecule has 0 saturated heterocycles. The minimum Gasteiger partial charge on any atom is -0.493 e. The average molecular weight is 381 g/mol. The first-order chi connectivity index (χ1) is 12.1. The van der Waals surface area contributed by atoms with Crippen molar-refractivity contribution in [2.75, 3.05) is 19.5 Å². The molecule has 1 N–H and O–H groups in total. The normalized spacial score (nSPS) is 10.4. The first kappa shape index (κ1) is 19.4. The van der Waals surface area contributed by atoms with Gasteiger partial charge in [-0.05, 0) is 36.8 Å². The van der Waals surface area contributed by atoms with E-state index in [9.17, 15) is 4.79 Å². The average Bonchev–Trinajstić information content (AvgIpc) is 2.62. The Morgan fingerprint density at radius 1 is 1.36 bits per heavy atom. The number of aromatic nitrogens is 1. The molecule has 0 aliphatic rings. The molecule has 0 aliphatic carbocycles. The molecule has 134 valence electrons. The zero-order valence-corrected chi connectivity index (χ0v) is 15.8. The van der Waals surface area contributed by atoms with Crippen LogP contribution in [0.3, 0.4) is 0 Å². The number of pyridine rings is 1. The van der Waals surface area contributed by atoms with Crippen molar-refractivity contribution < 1.29 is 14.3 Å². The number of rotatable bonds is 9. The molecule has 1 aromatic heterocycles. The van der Waals surface area contributed by atoms with Gasteiger partial charge in [0.25, 0.3) is 0 Å². The summed E-state index contributed by atoms with van der Waals surface area (Å²) in [4.78, 5) is 16.2. The maximum Gasteiger partial charge on any atom is 0.230 e. The van der Waals surface area contributed by atoms with Gasteiger partial charge in [-0.25, -0.2) is 0 Å². The van der Waals surface area contributed by atoms with Gasteiger partial charge >= 0.3 is 0 Å². The predicted octanol–water partition coefficient (Wildman–Crippen LogP) is 3.69. The Bertz CT molecular complexity index is 698. The van der Waals surface area contributed by atoms with E-state index in [0.29, 0.717) is 41.2 Å². The van der Waals surface area contributed by atoms with Crippen LogP contribution in [0.1, 0.15) is 18.2 Å². The van der Waals surface area contributed by atoms with Crippen molar-refractivity contribution in [1.82, 2.24) is 10.3 Å². The summed E-state index contributed by atoms with van der Waals surface area (Å²) in [6, 6.07) is 9.34. The molecule has 0 atom stereocenters. The predicted molar refractivity (Wildman–Crippen MR) is 101 cm³/mol. The molecule has 25 heavy (non-hydrogen) atoms. The summed E-state index contributed by atoms with van der Waals surface area (Å²) in [5, 5.41) is 3.35. The zero-order chi connectivity index (χ0) is 18.1. The molecule has 2 aromatic rings. The maximum atomic E-state index is 12.0. The highest BCUT2D eigenvalue weighted by atomic mass is 35.5. The number of hydrogen-bond acceptors (Lipinski definition) is 5. The summed E-state index contributed by atoms with van der Waals surface area (Å²) in [7, 11) is 1.56. The molecule has 0 spiro atoms. The number of nitrogens with one attached hydrogen (secondary N) is 1. The Kier molecular flexibility index (Phi) is 7.88. The number of ether oxygens (including phenoxy) is 2. The van der Waals surface area contributed by atoms with E-state index < -0.39 is 0 Å². The Morgan fingerprint density at radius 3 is 2.88 bits per heavy atom. The van der Waals surface area contributed by atoms with Gasteiger partial charge in [-0.2, -0.15) is 0 Å². The topological polar surface area (TPSA) is 60.5 Å². The van der Waals surface area contributed by atoms with Gasteiger partial charge in [0.05, 0.1) is 30.2 Å². The van der Waals surface area contributed by atoms with E-state index in [0.717, 1.165) is 11.3 Å². The minimum absolute atomic E-state index is 0.0371. The molecule has 0 radical (unpaired) electrons. The highest BCUT2D eigenvalue weighted by Gasteiger charge is 2.12. The lowest BCUT2D eigenvalue weighted by molar-refractivity contribution is -0.118. The molecule has 2 rings (SSSR count). The maximum absolute atomic E-state index is 12.0. The lowest BCUT2D eigenvalue weighted by atomic mass is 10.2. The highest BCUT2D eigenvalue weighted by molar-refractivity contribution is 7.99. The second-order valence-electron chi connectivity index (χ2n) is 5.13. The molecule has 1 aromatic carbocycles. The fourth-order valence-electron chi connectivity index (χ4n) is 2.14. The van der Waals surface area contributed by atoms with E-state index in [-0.39, 0.29) is 5.91 Å². The van der Waals surface area contributed by atoms with E-state index in [2.05, 4.69) is 10.3 Å². The van der Waals surface area contributed by atoms with Gasteiger partial charge in [-0.15, -0.1) is 11.8 Å².